The predicted octanol–water partition coefficient (Wildman–Crippen LogP) is 5.47. The zero-order valence-corrected chi connectivity index (χ0v) is 16.2. The first-order chi connectivity index (χ1) is 11.6. The van der Waals surface area contributed by atoms with E-state index in [1.807, 2.05) is 18.2 Å². The first-order valence-electron chi connectivity index (χ1n) is 8.60. The molecule has 0 heterocycles. The molecule has 25 heavy (non-hydrogen) atoms. The molecular weight excluding hydrogens is 335 g/mol. The average molecular weight is 362 g/mol. The summed E-state index contributed by atoms with van der Waals surface area (Å²) in [5.74, 6) is 0.267. The van der Waals surface area contributed by atoms with Crippen LogP contribution in [0.1, 0.15) is 51.7 Å². The smallest absolute Gasteiger partial charge is 0.404 e. The van der Waals surface area contributed by atoms with Gasteiger partial charge < -0.3 is 4.52 Å². The van der Waals surface area contributed by atoms with Crippen molar-refractivity contribution in [1.29, 1.82) is 0 Å². The lowest BCUT2D eigenvalue weighted by molar-refractivity contribution is 0.282. The molecule has 0 bridgehead atoms. The van der Waals surface area contributed by atoms with Crippen LogP contribution in [0, 0.1) is 0 Å². The van der Waals surface area contributed by atoms with Crippen LogP contribution in [-0.4, -0.2) is 9.79 Å². The highest BCUT2D eigenvalue weighted by atomic mass is 31.2. The van der Waals surface area contributed by atoms with Gasteiger partial charge in [-0.3, -0.25) is 9.79 Å². The molecule has 2 rings (SSSR count). The van der Waals surface area contributed by atoms with Gasteiger partial charge in [-0.1, -0.05) is 70.5 Å². The van der Waals surface area contributed by atoms with Gasteiger partial charge in [0.1, 0.15) is 5.75 Å². The summed E-state index contributed by atoms with van der Waals surface area (Å²) in [5.41, 5.74) is 4.06. The second-order valence-corrected chi connectivity index (χ2v) is 8.43. The topological polar surface area (TPSA) is 66.8 Å². The Morgan fingerprint density at radius 1 is 1.00 bits per heavy atom. The highest BCUT2D eigenvalue weighted by molar-refractivity contribution is 7.46. The minimum absolute atomic E-state index is 0.0429. The fourth-order valence-electron chi connectivity index (χ4n) is 3.02. The summed E-state index contributed by atoms with van der Waals surface area (Å²) in [6, 6.07) is 13.6. The van der Waals surface area contributed by atoms with Crippen molar-refractivity contribution in [2.45, 2.75) is 52.4 Å². The minimum atomic E-state index is -4.60. The Morgan fingerprint density at radius 3 is 2.24 bits per heavy atom. The van der Waals surface area contributed by atoms with Crippen molar-refractivity contribution in [3.63, 3.8) is 0 Å². The number of hydrogen-bond acceptors (Lipinski definition) is 2. The average Bonchev–Trinajstić information content (AvgIpc) is 2.51. The molecule has 0 spiro atoms. The van der Waals surface area contributed by atoms with Gasteiger partial charge in [-0.25, -0.2) is 4.57 Å². The summed E-state index contributed by atoms with van der Waals surface area (Å²) >= 11 is 0. The van der Waals surface area contributed by atoms with Crippen molar-refractivity contribution < 1.29 is 18.9 Å². The van der Waals surface area contributed by atoms with E-state index in [4.69, 9.17) is 4.52 Å². The third kappa shape index (κ3) is 5.18. The van der Waals surface area contributed by atoms with Crippen molar-refractivity contribution in [2.24, 2.45) is 0 Å². The lowest BCUT2D eigenvalue weighted by atomic mass is 9.80. The zero-order valence-electron chi connectivity index (χ0n) is 15.3. The fraction of sp³-hybridized carbons (Fsp3) is 0.400. The number of phosphoric acid groups is 1. The van der Waals surface area contributed by atoms with Crippen molar-refractivity contribution in [3.8, 4) is 16.9 Å². The molecule has 0 aliphatic rings. The maximum Gasteiger partial charge on any atom is 0.524 e. The van der Waals surface area contributed by atoms with Crippen LogP contribution in [0.4, 0.5) is 0 Å². The van der Waals surface area contributed by atoms with Gasteiger partial charge in [0, 0.05) is 5.56 Å². The highest BCUT2D eigenvalue weighted by Crippen LogP contribution is 2.43. The molecule has 2 aromatic rings. The zero-order chi connectivity index (χ0) is 18.7. The Bertz CT molecular complexity index is 772. The third-order valence-electron chi connectivity index (χ3n) is 4.16. The first-order valence-corrected chi connectivity index (χ1v) is 10.1. The SMILES string of the molecule is CCCCc1c(OP(=O)(O)O)cccc1-c1ccccc1C(C)(C)C. The fourth-order valence-corrected chi connectivity index (χ4v) is 3.44. The predicted molar refractivity (Wildman–Crippen MR) is 102 cm³/mol. The molecule has 0 saturated heterocycles. The summed E-state index contributed by atoms with van der Waals surface area (Å²) in [6.45, 7) is 8.57. The Hall–Kier alpha value is -1.61. The van der Waals surface area contributed by atoms with Crippen molar-refractivity contribution >= 4 is 7.82 Å². The maximum absolute atomic E-state index is 11.4. The first kappa shape index (κ1) is 19.7. The maximum atomic E-state index is 11.4. The third-order valence-corrected chi connectivity index (χ3v) is 4.59. The van der Waals surface area contributed by atoms with E-state index in [0.29, 0.717) is 6.42 Å². The summed E-state index contributed by atoms with van der Waals surface area (Å²) in [4.78, 5) is 18.5. The van der Waals surface area contributed by atoms with Crippen molar-refractivity contribution in [1.82, 2.24) is 0 Å². The van der Waals surface area contributed by atoms with Gasteiger partial charge in [-0.05, 0) is 41.0 Å². The Kier molecular flexibility index (Phi) is 6.10. The van der Waals surface area contributed by atoms with Gasteiger partial charge >= 0.3 is 7.82 Å². The molecule has 0 fully saturated rings. The molecule has 0 aliphatic carbocycles. The van der Waals surface area contributed by atoms with E-state index in [9.17, 15) is 14.4 Å². The minimum Gasteiger partial charge on any atom is -0.404 e. The number of hydrogen-bond donors (Lipinski definition) is 2. The van der Waals surface area contributed by atoms with Crippen LogP contribution in [-0.2, 0) is 16.4 Å². The van der Waals surface area contributed by atoms with Crippen LogP contribution in [0.2, 0.25) is 0 Å². The van der Waals surface area contributed by atoms with Gasteiger partial charge in [-0.15, -0.1) is 0 Å². The number of rotatable bonds is 6. The lowest BCUT2D eigenvalue weighted by Crippen LogP contribution is -2.13. The highest BCUT2D eigenvalue weighted by Gasteiger charge is 2.23. The van der Waals surface area contributed by atoms with Crippen LogP contribution < -0.4 is 4.52 Å². The van der Waals surface area contributed by atoms with E-state index in [0.717, 1.165) is 29.5 Å². The summed E-state index contributed by atoms with van der Waals surface area (Å²) in [5, 5.41) is 0. The van der Waals surface area contributed by atoms with Crippen LogP contribution >= 0.6 is 7.82 Å². The molecular formula is C20H27O4P. The van der Waals surface area contributed by atoms with E-state index in [2.05, 4.69) is 39.8 Å². The van der Waals surface area contributed by atoms with E-state index in [1.165, 1.54) is 5.56 Å². The number of phosphoric ester groups is 1. The van der Waals surface area contributed by atoms with Crippen LogP contribution in [0.15, 0.2) is 42.5 Å². The molecule has 5 heteroatoms. The number of unbranched alkanes of at least 4 members (excludes halogenated alkanes) is 1. The molecule has 0 amide bonds. The van der Waals surface area contributed by atoms with E-state index in [1.54, 1.807) is 12.1 Å². The largest absolute Gasteiger partial charge is 0.524 e. The summed E-state index contributed by atoms with van der Waals surface area (Å²) in [6.07, 6.45) is 2.62. The molecule has 0 unspecified atom stereocenters. The number of benzene rings is 2. The van der Waals surface area contributed by atoms with Gasteiger partial charge in [0.15, 0.2) is 0 Å². The van der Waals surface area contributed by atoms with E-state index >= 15 is 0 Å². The molecule has 2 N–H and O–H groups in total. The van der Waals surface area contributed by atoms with Gasteiger partial charge in [-0.2, -0.15) is 0 Å². The van der Waals surface area contributed by atoms with Crippen LogP contribution in [0.3, 0.4) is 0 Å². The Balaban J connectivity index is 2.66. The van der Waals surface area contributed by atoms with E-state index < -0.39 is 7.82 Å². The quantitative estimate of drug-likeness (QED) is 0.669. The molecule has 0 aromatic heterocycles. The molecule has 2 aromatic carbocycles. The van der Waals surface area contributed by atoms with Crippen molar-refractivity contribution in [3.05, 3.63) is 53.6 Å². The lowest BCUT2D eigenvalue weighted by Gasteiger charge is -2.25. The summed E-state index contributed by atoms with van der Waals surface area (Å²) < 4.78 is 16.4. The van der Waals surface area contributed by atoms with Gasteiger partial charge in [0.2, 0.25) is 0 Å². The van der Waals surface area contributed by atoms with E-state index in [-0.39, 0.29) is 11.2 Å². The van der Waals surface area contributed by atoms with Crippen molar-refractivity contribution in [2.75, 3.05) is 0 Å². The normalized spacial score (nSPS) is 12.2. The Labute approximate surface area is 150 Å². The van der Waals surface area contributed by atoms with Crippen LogP contribution in [0.25, 0.3) is 11.1 Å². The molecule has 0 saturated carbocycles. The molecule has 4 nitrogen and oxygen atoms in total. The molecule has 0 radical (unpaired) electrons. The molecule has 0 atom stereocenters. The standard InChI is InChI=1S/C20H27O4P/c1-5-6-10-17-15(12-9-14-19(17)24-25(21,22)23)16-11-7-8-13-18(16)20(2,3)4/h7-9,11-14H,5-6,10H2,1-4H3,(H2,21,22,23). The second-order valence-electron chi connectivity index (χ2n) is 7.26. The monoisotopic (exact) mass is 362 g/mol. The molecule has 136 valence electrons. The Morgan fingerprint density at radius 2 is 1.64 bits per heavy atom. The second kappa shape index (κ2) is 7.74. The van der Waals surface area contributed by atoms with Crippen LogP contribution in [0.5, 0.6) is 5.75 Å². The summed E-state index contributed by atoms with van der Waals surface area (Å²) in [7, 11) is -4.60. The van der Waals surface area contributed by atoms with Gasteiger partial charge in [0.05, 0.1) is 0 Å². The van der Waals surface area contributed by atoms with Gasteiger partial charge in [0.25, 0.3) is 0 Å². The molecule has 0 aliphatic heterocycles.